The fraction of sp³-hybridized carbons (Fsp3) is 0.143. The largest absolute Gasteiger partial charge is 0.323 e. The van der Waals surface area contributed by atoms with Gasteiger partial charge in [0.2, 0.25) is 9.85 Å². The Morgan fingerprint density at radius 1 is 0.812 bits per heavy atom. The molecule has 0 fully saturated rings. The van der Waals surface area contributed by atoms with E-state index in [1.54, 1.807) is 0 Å². The molecule has 0 bridgehead atoms. The lowest BCUT2D eigenvalue weighted by molar-refractivity contribution is 0.814. The second kappa shape index (κ2) is 5.61. The first-order chi connectivity index (χ1) is 7.92. The lowest BCUT2D eigenvalue weighted by atomic mass is 9.93. The standard InChI is InChI=1S/C14H15FSi/c15-16-11-14(12-7-3-1-4-8-12)13-9-5-2-6-10-13/h1-10,14H,11,16H2. The predicted octanol–water partition coefficient (Wildman–Crippen LogP) is 3.29. The van der Waals surface area contributed by atoms with Gasteiger partial charge in [-0.05, 0) is 17.2 Å². The molecule has 0 N–H and O–H groups in total. The first-order valence-corrected chi connectivity index (χ1v) is 7.11. The second-order valence-corrected chi connectivity index (χ2v) is 4.81. The molecule has 0 atom stereocenters. The third-order valence-electron chi connectivity index (χ3n) is 2.80. The molecule has 0 aliphatic carbocycles. The SMILES string of the molecule is F[SiH2]CC(c1ccccc1)c1ccccc1. The van der Waals surface area contributed by atoms with Crippen molar-refractivity contribution in [2.75, 3.05) is 0 Å². The summed E-state index contributed by atoms with van der Waals surface area (Å²) in [6.07, 6.45) is 0. The van der Waals surface area contributed by atoms with Gasteiger partial charge >= 0.3 is 0 Å². The summed E-state index contributed by atoms with van der Waals surface area (Å²) in [4.78, 5) is 0. The Bertz CT molecular complexity index is 374. The van der Waals surface area contributed by atoms with Crippen molar-refractivity contribution in [3.05, 3.63) is 71.8 Å². The number of hydrogen-bond donors (Lipinski definition) is 0. The van der Waals surface area contributed by atoms with Crippen molar-refractivity contribution < 1.29 is 4.11 Å². The van der Waals surface area contributed by atoms with E-state index in [2.05, 4.69) is 24.3 Å². The van der Waals surface area contributed by atoms with Crippen LogP contribution in [0.25, 0.3) is 0 Å². The maximum absolute atomic E-state index is 12.8. The van der Waals surface area contributed by atoms with Gasteiger partial charge in [-0.15, -0.1) is 0 Å². The lowest BCUT2D eigenvalue weighted by Crippen LogP contribution is -2.02. The van der Waals surface area contributed by atoms with Crippen LogP contribution in [-0.4, -0.2) is 9.85 Å². The average Bonchev–Trinajstić information content (AvgIpc) is 2.38. The topological polar surface area (TPSA) is 0 Å². The van der Waals surface area contributed by atoms with Crippen LogP contribution in [0.3, 0.4) is 0 Å². The van der Waals surface area contributed by atoms with E-state index in [0.29, 0.717) is 6.04 Å². The molecule has 16 heavy (non-hydrogen) atoms. The van der Waals surface area contributed by atoms with Gasteiger partial charge in [0.25, 0.3) is 0 Å². The van der Waals surface area contributed by atoms with Crippen LogP contribution in [0.5, 0.6) is 0 Å². The molecule has 0 aliphatic heterocycles. The molecule has 0 amide bonds. The Hall–Kier alpha value is -1.41. The first-order valence-electron chi connectivity index (χ1n) is 5.57. The number of benzene rings is 2. The molecule has 0 spiro atoms. The Morgan fingerprint density at radius 3 is 1.62 bits per heavy atom. The summed E-state index contributed by atoms with van der Waals surface area (Å²) in [6.45, 7) is 0. The van der Waals surface area contributed by atoms with E-state index in [9.17, 15) is 4.11 Å². The minimum absolute atomic E-state index is 0.235. The van der Waals surface area contributed by atoms with Gasteiger partial charge in [0.15, 0.2) is 0 Å². The highest BCUT2D eigenvalue weighted by molar-refractivity contribution is 6.26. The summed E-state index contributed by atoms with van der Waals surface area (Å²) in [5.41, 5.74) is 2.44. The van der Waals surface area contributed by atoms with Crippen molar-refractivity contribution in [3.8, 4) is 0 Å². The highest BCUT2D eigenvalue weighted by Crippen LogP contribution is 2.27. The second-order valence-electron chi connectivity index (χ2n) is 3.85. The average molecular weight is 230 g/mol. The molecule has 0 heterocycles. The predicted molar refractivity (Wildman–Crippen MR) is 69.2 cm³/mol. The molecule has 0 saturated carbocycles. The number of hydrogen-bond acceptors (Lipinski definition) is 0. The quantitative estimate of drug-likeness (QED) is 0.558. The van der Waals surface area contributed by atoms with E-state index in [-0.39, 0.29) is 5.92 Å². The minimum Gasteiger partial charge on any atom is -0.323 e. The van der Waals surface area contributed by atoms with Gasteiger partial charge in [-0.1, -0.05) is 60.7 Å². The minimum atomic E-state index is -1.42. The van der Waals surface area contributed by atoms with Crippen molar-refractivity contribution in [3.63, 3.8) is 0 Å². The molecular weight excluding hydrogens is 215 g/mol. The van der Waals surface area contributed by atoms with Crippen LogP contribution in [0.1, 0.15) is 17.0 Å². The summed E-state index contributed by atoms with van der Waals surface area (Å²) >= 11 is 0. The van der Waals surface area contributed by atoms with Crippen molar-refractivity contribution in [1.29, 1.82) is 0 Å². The van der Waals surface area contributed by atoms with Crippen LogP contribution in [0.2, 0.25) is 6.04 Å². The van der Waals surface area contributed by atoms with Crippen LogP contribution in [-0.2, 0) is 0 Å². The normalized spacial score (nSPS) is 11.4. The smallest absolute Gasteiger partial charge is 0.217 e. The molecule has 0 nitrogen and oxygen atoms in total. The molecule has 0 saturated heterocycles. The molecule has 0 aliphatic rings. The summed E-state index contributed by atoms with van der Waals surface area (Å²) in [7, 11) is -1.42. The Balaban J connectivity index is 2.31. The van der Waals surface area contributed by atoms with Gasteiger partial charge < -0.3 is 4.11 Å². The van der Waals surface area contributed by atoms with Gasteiger partial charge in [0.05, 0.1) is 0 Å². The zero-order valence-electron chi connectivity index (χ0n) is 9.14. The van der Waals surface area contributed by atoms with E-state index in [4.69, 9.17) is 0 Å². The molecule has 2 aromatic rings. The van der Waals surface area contributed by atoms with Gasteiger partial charge in [0.1, 0.15) is 0 Å². The van der Waals surface area contributed by atoms with Gasteiger partial charge in [0, 0.05) is 5.92 Å². The molecule has 82 valence electrons. The molecule has 2 heteroatoms. The van der Waals surface area contributed by atoms with Crippen LogP contribution in [0.4, 0.5) is 4.11 Å². The molecule has 2 rings (SSSR count). The van der Waals surface area contributed by atoms with Gasteiger partial charge in [-0.25, -0.2) is 0 Å². The molecule has 0 radical (unpaired) electrons. The fourth-order valence-corrected chi connectivity index (χ4v) is 2.89. The monoisotopic (exact) mass is 230 g/mol. The third kappa shape index (κ3) is 2.58. The van der Waals surface area contributed by atoms with Crippen molar-refractivity contribution in [2.45, 2.75) is 12.0 Å². The van der Waals surface area contributed by atoms with Crippen LogP contribution < -0.4 is 0 Å². The van der Waals surface area contributed by atoms with Gasteiger partial charge in [-0.2, -0.15) is 0 Å². The van der Waals surface area contributed by atoms with Crippen LogP contribution in [0.15, 0.2) is 60.7 Å². The van der Waals surface area contributed by atoms with Crippen molar-refractivity contribution in [1.82, 2.24) is 0 Å². The molecule has 0 aromatic heterocycles. The third-order valence-corrected chi connectivity index (χ3v) is 3.60. The molecule has 2 aromatic carbocycles. The first kappa shape index (κ1) is 11.1. The lowest BCUT2D eigenvalue weighted by Gasteiger charge is -2.16. The highest BCUT2D eigenvalue weighted by atomic mass is 28.3. The Morgan fingerprint density at radius 2 is 1.25 bits per heavy atom. The van der Waals surface area contributed by atoms with Crippen LogP contribution >= 0.6 is 0 Å². The van der Waals surface area contributed by atoms with Gasteiger partial charge in [-0.3, -0.25) is 0 Å². The van der Waals surface area contributed by atoms with Crippen molar-refractivity contribution >= 4 is 9.85 Å². The zero-order valence-corrected chi connectivity index (χ0v) is 10.6. The van der Waals surface area contributed by atoms with E-state index >= 15 is 0 Å². The summed E-state index contributed by atoms with van der Waals surface area (Å²) in [6, 6.07) is 21.1. The maximum atomic E-state index is 12.8. The maximum Gasteiger partial charge on any atom is 0.217 e. The Labute approximate surface area is 98.1 Å². The van der Waals surface area contributed by atoms with E-state index in [1.807, 2.05) is 36.4 Å². The van der Waals surface area contributed by atoms with E-state index < -0.39 is 9.85 Å². The Kier molecular flexibility index (Phi) is 3.89. The van der Waals surface area contributed by atoms with E-state index in [0.717, 1.165) is 0 Å². The molecule has 0 unspecified atom stereocenters. The molecular formula is C14H15FSi. The summed E-state index contributed by atoms with van der Waals surface area (Å²) < 4.78 is 12.8. The zero-order chi connectivity index (χ0) is 11.2. The highest BCUT2D eigenvalue weighted by Gasteiger charge is 2.13. The summed E-state index contributed by atoms with van der Waals surface area (Å²) in [5.74, 6) is 0.235. The number of rotatable bonds is 4. The van der Waals surface area contributed by atoms with Crippen molar-refractivity contribution in [2.24, 2.45) is 0 Å². The number of halogens is 1. The van der Waals surface area contributed by atoms with Crippen LogP contribution in [0, 0.1) is 0 Å². The fourth-order valence-electron chi connectivity index (χ4n) is 2.01. The van der Waals surface area contributed by atoms with E-state index in [1.165, 1.54) is 11.1 Å². The summed E-state index contributed by atoms with van der Waals surface area (Å²) in [5, 5.41) is 0.